The van der Waals surface area contributed by atoms with E-state index in [0.29, 0.717) is 23.5 Å². The molecule has 1 atom stereocenters. The molecule has 0 saturated heterocycles. The first-order valence-corrected chi connectivity index (χ1v) is 10.8. The second-order valence-electron chi connectivity index (χ2n) is 6.79. The van der Waals surface area contributed by atoms with Crippen LogP contribution in [-0.4, -0.2) is 16.1 Å². The van der Waals surface area contributed by atoms with Crippen molar-refractivity contribution >= 4 is 50.7 Å². The minimum atomic E-state index is 0.235. The van der Waals surface area contributed by atoms with E-state index in [4.69, 9.17) is 27.1 Å². The number of hydrogen-bond donors (Lipinski definition) is 1. The second kappa shape index (κ2) is 7.35. The van der Waals surface area contributed by atoms with E-state index in [1.807, 2.05) is 24.3 Å². The molecule has 7 heteroatoms. The quantitative estimate of drug-likeness (QED) is 0.470. The Labute approximate surface area is 166 Å². The lowest BCUT2D eigenvalue weighted by Gasteiger charge is -2.26. The van der Waals surface area contributed by atoms with Crippen LogP contribution >= 0.6 is 34.7 Å². The number of aromatic nitrogens is 2. The predicted octanol–water partition coefficient (Wildman–Crippen LogP) is 5.32. The van der Waals surface area contributed by atoms with E-state index in [0.717, 1.165) is 27.4 Å². The van der Waals surface area contributed by atoms with E-state index >= 15 is 0 Å². The highest BCUT2D eigenvalue weighted by Gasteiger charge is 2.27. The van der Waals surface area contributed by atoms with Crippen LogP contribution in [0.25, 0.3) is 10.2 Å². The van der Waals surface area contributed by atoms with Crippen molar-refractivity contribution in [3.63, 3.8) is 0 Å². The van der Waals surface area contributed by atoms with Crippen LogP contribution in [0.1, 0.15) is 29.9 Å². The number of fused-ring (bicyclic) bond motifs is 3. The van der Waals surface area contributed by atoms with Crippen LogP contribution in [0.5, 0.6) is 0 Å². The Morgan fingerprint density at radius 1 is 1.31 bits per heavy atom. The second-order valence-corrected chi connectivity index (χ2v) is 9.25. The van der Waals surface area contributed by atoms with E-state index in [1.54, 1.807) is 23.1 Å². The molecule has 0 saturated carbocycles. The number of nitrogens with zero attached hydrogens (tertiary/aromatic N) is 2. The zero-order valence-electron chi connectivity index (χ0n) is 14.7. The van der Waals surface area contributed by atoms with Gasteiger partial charge in [-0.1, -0.05) is 49.3 Å². The molecule has 0 fully saturated rings. The maximum atomic E-state index is 6.32. The van der Waals surface area contributed by atoms with Crippen LogP contribution in [-0.2, 0) is 23.5 Å². The first-order chi connectivity index (χ1) is 12.5. The average molecular weight is 406 g/mol. The smallest absolute Gasteiger partial charge is 0.191 e. The lowest BCUT2D eigenvalue weighted by molar-refractivity contribution is 0.00203. The Kier molecular flexibility index (Phi) is 5.10. The maximum absolute atomic E-state index is 6.32. The van der Waals surface area contributed by atoms with Crippen molar-refractivity contribution in [2.75, 3.05) is 5.73 Å². The van der Waals surface area contributed by atoms with E-state index in [-0.39, 0.29) is 6.10 Å². The summed E-state index contributed by atoms with van der Waals surface area (Å²) in [6.45, 7) is 5.02. The molecule has 0 radical (unpaired) electrons. The fourth-order valence-electron chi connectivity index (χ4n) is 3.11. The predicted molar refractivity (Wildman–Crippen MR) is 110 cm³/mol. The Morgan fingerprint density at radius 2 is 2.08 bits per heavy atom. The van der Waals surface area contributed by atoms with Gasteiger partial charge in [-0.25, -0.2) is 9.97 Å². The highest BCUT2D eigenvalue weighted by atomic mass is 35.5. The van der Waals surface area contributed by atoms with E-state index < -0.39 is 0 Å². The third-order valence-corrected chi connectivity index (χ3v) is 6.87. The first kappa shape index (κ1) is 18.0. The number of nitrogens with two attached hydrogens (primary N) is 1. The molecule has 2 N–H and O–H groups in total. The molecule has 1 aliphatic rings. The molecule has 0 spiro atoms. The summed E-state index contributed by atoms with van der Waals surface area (Å²) >= 11 is 9.21. The van der Waals surface area contributed by atoms with Crippen molar-refractivity contribution in [3.8, 4) is 0 Å². The third kappa shape index (κ3) is 3.56. The molecular weight excluding hydrogens is 386 g/mol. The number of halogens is 1. The maximum Gasteiger partial charge on any atom is 0.191 e. The van der Waals surface area contributed by atoms with Crippen molar-refractivity contribution in [1.82, 2.24) is 9.97 Å². The Bertz CT molecular complexity index is 940. The van der Waals surface area contributed by atoms with Gasteiger partial charge < -0.3 is 10.5 Å². The number of rotatable bonds is 4. The fourth-order valence-corrected chi connectivity index (χ4v) is 5.23. The van der Waals surface area contributed by atoms with Crippen LogP contribution in [0.2, 0.25) is 5.02 Å². The number of anilines is 1. The molecule has 3 aromatic rings. The van der Waals surface area contributed by atoms with Gasteiger partial charge in [-0.05, 0) is 29.2 Å². The van der Waals surface area contributed by atoms with Gasteiger partial charge in [0, 0.05) is 22.1 Å². The molecule has 0 aliphatic carbocycles. The molecule has 1 aromatic carbocycles. The van der Waals surface area contributed by atoms with Gasteiger partial charge in [-0.2, -0.15) is 0 Å². The lowest BCUT2D eigenvalue weighted by atomic mass is 9.96. The zero-order chi connectivity index (χ0) is 18.3. The summed E-state index contributed by atoms with van der Waals surface area (Å²) in [5.74, 6) is 1.84. The number of hydrogen-bond acceptors (Lipinski definition) is 6. The van der Waals surface area contributed by atoms with Gasteiger partial charge in [0.25, 0.3) is 0 Å². The topological polar surface area (TPSA) is 61.0 Å². The number of thiophene rings is 1. The molecule has 4 nitrogen and oxygen atoms in total. The standard InChI is InChI=1S/C19H20ClN3OS2/c1-10(2)14-7-13-15(8-24-14)26-18-16(13)17(21)22-19(23-18)25-9-11-3-5-12(20)6-4-11/h3-6,10,14H,7-9H2,1-2H3,(H2,21,22,23)/t14-/m1/s1. The minimum absolute atomic E-state index is 0.235. The third-order valence-electron chi connectivity index (χ3n) is 4.60. The van der Waals surface area contributed by atoms with Crippen molar-refractivity contribution in [1.29, 1.82) is 0 Å². The molecule has 2 aromatic heterocycles. The number of thioether (sulfide) groups is 1. The molecule has 3 heterocycles. The molecule has 0 amide bonds. The largest absolute Gasteiger partial charge is 0.383 e. The fraction of sp³-hybridized carbons (Fsp3) is 0.368. The van der Waals surface area contributed by atoms with Crippen molar-refractivity contribution < 1.29 is 4.74 Å². The van der Waals surface area contributed by atoms with E-state index in [2.05, 4.69) is 18.8 Å². The Balaban J connectivity index is 1.60. The van der Waals surface area contributed by atoms with Gasteiger partial charge in [-0.3, -0.25) is 0 Å². The van der Waals surface area contributed by atoms with Gasteiger partial charge in [-0.15, -0.1) is 11.3 Å². The van der Waals surface area contributed by atoms with Crippen LogP contribution in [0.4, 0.5) is 5.82 Å². The van der Waals surface area contributed by atoms with Gasteiger partial charge in [0.15, 0.2) is 5.16 Å². The molecule has 0 bridgehead atoms. The molecular formula is C19H20ClN3OS2. The SMILES string of the molecule is CC(C)[C@H]1Cc2c(sc3nc(SCc4ccc(Cl)cc4)nc(N)c23)CO1. The molecule has 26 heavy (non-hydrogen) atoms. The number of ether oxygens (including phenoxy) is 1. The molecule has 1 aliphatic heterocycles. The van der Waals surface area contributed by atoms with Crippen molar-refractivity contribution in [2.24, 2.45) is 5.92 Å². The first-order valence-electron chi connectivity index (χ1n) is 8.58. The van der Waals surface area contributed by atoms with E-state index in [1.165, 1.54) is 16.0 Å². The monoisotopic (exact) mass is 405 g/mol. The number of benzene rings is 1. The summed E-state index contributed by atoms with van der Waals surface area (Å²) in [6, 6.07) is 7.83. The van der Waals surface area contributed by atoms with Crippen LogP contribution in [0, 0.1) is 5.92 Å². The molecule has 4 rings (SSSR count). The van der Waals surface area contributed by atoms with Gasteiger partial charge in [0.1, 0.15) is 10.6 Å². The minimum Gasteiger partial charge on any atom is -0.383 e. The highest BCUT2D eigenvalue weighted by Crippen LogP contribution is 2.39. The lowest BCUT2D eigenvalue weighted by Crippen LogP contribution is -2.26. The average Bonchev–Trinajstić information content (AvgIpc) is 2.99. The summed E-state index contributed by atoms with van der Waals surface area (Å²) in [7, 11) is 0. The summed E-state index contributed by atoms with van der Waals surface area (Å²) in [5, 5.41) is 2.48. The highest BCUT2D eigenvalue weighted by molar-refractivity contribution is 7.98. The zero-order valence-corrected chi connectivity index (χ0v) is 17.0. The van der Waals surface area contributed by atoms with Crippen LogP contribution in [0.15, 0.2) is 29.4 Å². The van der Waals surface area contributed by atoms with E-state index in [9.17, 15) is 0 Å². The van der Waals surface area contributed by atoms with Crippen LogP contribution in [0.3, 0.4) is 0 Å². The van der Waals surface area contributed by atoms with Crippen molar-refractivity contribution in [2.45, 2.75) is 43.9 Å². The summed E-state index contributed by atoms with van der Waals surface area (Å²) < 4.78 is 5.99. The summed E-state index contributed by atoms with van der Waals surface area (Å²) in [5.41, 5.74) is 8.78. The van der Waals surface area contributed by atoms with Crippen molar-refractivity contribution in [3.05, 3.63) is 45.3 Å². The number of nitrogen functional groups attached to an aromatic ring is 1. The van der Waals surface area contributed by atoms with Gasteiger partial charge in [0.2, 0.25) is 0 Å². The van der Waals surface area contributed by atoms with Gasteiger partial charge in [0.05, 0.1) is 18.1 Å². The summed E-state index contributed by atoms with van der Waals surface area (Å²) in [4.78, 5) is 11.5. The Morgan fingerprint density at radius 3 is 2.81 bits per heavy atom. The van der Waals surface area contributed by atoms with Gasteiger partial charge >= 0.3 is 0 Å². The van der Waals surface area contributed by atoms with Crippen LogP contribution < -0.4 is 5.73 Å². The molecule has 136 valence electrons. The molecule has 0 unspecified atom stereocenters. The Hall–Kier alpha value is -1.34. The summed E-state index contributed by atoms with van der Waals surface area (Å²) in [6.07, 6.45) is 1.12. The normalized spacial score (nSPS) is 17.0.